The lowest BCUT2D eigenvalue weighted by atomic mass is 9.94. The Balaban J connectivity index is 1.47. The summed E-state index contributed by atoms with van der Waals surface area (Å²) >= 11 is 0. The van der Waals surface area contributed by atoms with Gasteiger partial charge < -0.3 is 14.8 Å². The second-order valence-corrected chi connectivity index (χ2v) is 6.90. The molecule has 0 aliphatic carbocycles. The molecule has 126 valence electrons. The second-order valence-electron chi connectivity index (χ2n) is 6.90. The van der Waals surface area contributed by atoms with E-state index in [1.165, 1.54) is 37.4 Å². The highest BCUT2D eigenvalue weighted by molar-refractivity contribution is 5.75. The topological polar surface area (TPSA) is 33.1 Å². The minimum atomic E-state index is 0.679. The predicted octanol–water partition coefficient (Wildman–Crippen LogP) is 2.83. The molecule has 1 saturated heterocycles. The van der Waals surface area contributed by atoms with Gasteiger partial charge in [0.2, 0.25) is 0 Å². The van der Waals surface area contributed by atoms with Crippen molar-refractivity contribution < 1.29 is 0 Å². The molecule has 3 rings (SSSR count). The van der Waals surface area contributed by atoms with Gasteiger partial charge in [0.05, 0.1) is 11.0 Å². The van der Waals surface area contributed by atoms with Crippen molar-refractivity contribution in [2.24, 2.45) is 13.0 Å². The van der Waals surface area contributed by atoms with E-state index in [0.29, 0.717) is 6.04 Å². The van der Waals surface area contributed by atoms with Crippen LogP contribution < -0.4 is 5.32 Å². The molecule has 1 N–H and O–H groups in total. The molecule has 0 spiro atoms. The van der Waals surface area contributed by atoms with E-state index in [1.807, 2.05) is 0 Å². The molecule has 2 aromatic rings. The lowest BCUT2D eigenvalue weighted by Gasteiger charge is -2.36. The van der Waals surface area contributed by atoms with Gasteiger partial charge in [0.15, 0.2) is 0 Å². The minimum absolute atomic E-state index is 0.679. The summed E-state index contributed by atoms with van der Waals surface area (Å²) in [4.78, 5) is 7.32. The van der Waals surface area contributed by atoms with Crippen molar-refractivity contribution in [2.75, 3.05) is 26.2 Å². The molecule has 1 aromatic carbocycles. The van der Waals surface area contributed by atoms with Crippen LogP contribution in [-0.2, 0) is 13.5 Å². The summed E-state index contributed by atoms with van der Waals surface area (Å²) in [6.07, 6.45) is 3.47. The van der Waals surface area contributed by atoms with E-state index in [1.54, 1.807) is 0 Å². The van der Waals surface area contributed by atoms with Gasteiger partial charge in [-0.3, -0.25) is 0 Å². The number of piperidine rings is 1. The van der Waals surface area contributed by atoms with Crippen LogP contribution in [0.25, 0.3) is 11.0 Å². The number of aromatic nitrogens is 2. The number of likely N-dealkylation sites (tertiary alicyclic amines) is 1. The summed E-state index contributed by atoms with van der Waals surface area (Å²) in [5.41, 5.74) is 2.34. The number of aryl methyl sites for hydroxylation is 2. The Kier molecular flexibility index (Phi) is 5.34. The van der Waals surface area contributed by atoms with Crippen LogP contribution in [0.2, 0.25) is 0 Å². The first-order valence-electron chi connectivity index (χ1n) is 9.05. The Morgan fingerprint density at radius 1 is 1.30 bits per heavy atom. The van der Waals surface area contributed by atoms with Crippen molar-refractivity contribution in [2.45, 2.75) is 39.2 Å². The summed E-state index contributed by atoms with van der Waals surface area (Å²) < 4.78 is 2.23. The van der Waals surface area contributed by atoms with Crippen LogP contribution in [0, 0.1) is 5.92 Å². The SMILES string of the molecule is CCN1CC[C@H](NCCCc2nc3ccccc3n2C)[C@@H](C)C1. The van der Waals surface area contributed by atoms with Crippen molar-refractivity contribution >= 4 is 11.0 Å². The van der Waals surface area contributed by atoms with Crippen LogP contribution in [0.15, 0.2) is 24.3 Å². The highest BCUT2D eigenvalue weighted by Gasteiger charge is 2.24. The molecule has 1 fully saturated rings. The van der Waals surface area contributed by atoms with Crippen molar-refractivity contribution in [3.8, 4) is 0 Å². The van der Waals surface area contributed by atoms with Gasteiger partial charge in [0, 0.05) is 26.1 Å². The van der Waals surface area contributed by atoms with E-state index < -0.39 is 0 Å². The standard InChI is InChI=1S/C19H30N4/c1-4-23-13-11-16(15(2)14-23)20-12-7-10-19-21-17-8-5-6-9-18(17)22(19)3/h5-6,8-9,15-16,20H,4,7,10-14H2,1-3H3/t15-,16-/m0/s1. The van der Waals surface area contributed by atoms with Crippen LogP contribution in [0.4, 0.5) is 0 Å². The molecule has 2 atom stereocenters. The summed E-state index contributed by atoms with van der Waals surface area (Å²) in [7, 11) is 2.13. The number of fused-ring (bicyclic) bond motifs is 1. The molecule has 0 unspecified atom stereocenters. The zero-order chi connectivity index (χ0) is 16.2. The lowest BCUT2D eigenvalue weighted by Crippen LogP contribution is -2.48. The first-order valence-corrected chi connectivity index (χ1v) is 9.05. The monoisotopic (exact) mass is 314 g/mol. The van der Waals surface area contributed by atoms with Crippen molar-refractivity contribution in [3.63, 3.8) is 0 Å². The van der Waals surface area contributed by atoms with Crippen molar-refractivity contribution in [3.05, 3.63) is 30.1 Å². The fourth-order valence-electron chi connectivity index (χ4n) is 3.78. The average molecular weight is 314 g/mol. The lowest BCUT2D eigenvalue weighted by molar-refractivity contribution is 0.153. The summed E-state index contributed by atoms with van der Waals surface area (Å²) in [6.45, 7) is 9.39. The number of hydrogen-bond acceptors (Lipinski definition) is 3. The molecule has 0 saturated carbocycles. The number of para-hydroxylation sites is 2. The molecule has 4 heteroatoms. The van der Waals surface area contributed by atoms with Crippen molar-refractivity contribution in [1.82, 2.24) is 19.8 Å². The Bertz CT molecular complexity index is 633. The van der Waals surface area contributed by atoms with Crippen LogP contribution in [-0.4, -0.2) is 46.7 Å². The zero-order valence-corrected chi connectivity index (χ0v) is 14.8. The largest absolute Gasteiger partial charge is 0.331 e. The van der Waals surface area contributed by atoms with Crippen molar-refractivity contribution in [1.29, 1.82) is 0 Å². The Morgan fingerprint density at radius 2 is 2.13 bits per heavy atom. The van der Waals surface area contributed by atoms with Gasteiger partial charge in [-0.2, -0.15) is 0 Å². The van der Waals surface area contributed by atoms with E-state index in [9.17, 15) is 0 Å². The number of nitrogens with zero attached hydrogens (tertiary/aromatic N) is 3. The highest BCUT2D eigenvalue weighted by atomic mass is 15.1. The van der Waals surface area contributed by atoms with Gasteiger partial charge in [-0.05, 0) is 50.5 Å². The Hall–Kier alpha value is -1.39. The third kappa shape index (κ3) is 3.75. The molecule has 1 aliphatic heterocycles. The predicted molar refractivity (Wildman–Crippen MR) is 96.7 cm³/mol. The van der Waals surface area contributed by atoms with E-state index in [4.69, 9.17) is 4.98 Å². The molecule has 0 radical (unpaired) electrons. The second kappa shape index (κ2) is 7.45. The van der Waals surface area contributed by atoms with Gasteiger partial charge in [-0.15, -0.1) is 0 Å². The molecule has 1 aromatic heterocycles. The fourth-order valence-corrected chi connectivity index (χ4v) is 3.78. The number of rotatable bonds is 6. The quantitative estimate of drug-likeness (QED) is 0.832. The first kappa shape index (κ1) is 16.5. The summed E-state index contributed by atoms with van der Waals surface area (Å²) in [5.74, 6) is 1.95. The molecule has 23 heavy (non-hydrogen) atoms. The zero-order valence-electron chi connectivity index (χ0n) is 14.8. The molecule has 0 amide bonds. The molecule has 0 bridgehead atoms. The van der Waals surface area contributed by atoms with Gasteiger partial charge in [-0.1, -0.05) is 26.0 Å². The first-order chi connectivity index (χ1) is 11.2. The third-order valence-electron chi connectivity index (χ3n) is 5.30. The normalized spacial score (nSPS) is 22.7. The number of nitrogens with one attached hydrogen (secondary N) is 1. The Morgan fingerprint density at radius 3 is 2.87 bits per heavy atom. The maximum absolute atomic E-state index is 4.76. The third-order valence-corrected chi connectivity index (χ3v) is 5.30. The molecule has 2 heterocycles. The fraction of sp³-hybridized carbons (Fsp3) is 0.632. The molecular weight excluding hydrogens is 284 g/mol. The van der Waals surface area contributed by atoms with E-state index in [2.05, 4.69) is 59.9 Å². The molecule has 4 nitrogen and oxygen atoms in total. The summed E-state index contributed by atoms with van der Waals surface area (Å²) in [6, 6.07) is 9.07. The minimum Gasteiger partial charge on any atom is -0.331 e. The number of hydrogen-bond donors (Lipinski definition) is 1. The molecular formula is C19H30N4. The summed E-state index contributed by atoms with van der Waals surface area (Å²) in [5, 5.41) is 3.78. The smallest absolute Gasteiger partial charge is 0.109 e. The van der Waals surface area contributed by atoms with Gasteiger partial charge in [0.1, 0.15) is 5.82 Å². The maximum Gasteiger partial charge on any atom is 0.109 e. The number of benzene rings is 1. The number of imidazole rings is 1. The van der Waals surface area contributed by atoms with Gasteiger partial charge in [0.25, 0.3) is 0 Å². The van der Waals surface area contributed by atoms with Crippen LogP contribution in [0.5, 0.6) is 0 Å². The van der Waals surface area contributed by atoms with Crippen LogP contribution >= 0.6 is 0 Å². The van der Waals surface area contributed by atoms with Gasteiger partial charge >= 0.3 is 0 Å². The van der Waals surface area contributed by atoms with E-state index in [0.717, 1.165) is 30.8 Å². The van der Waals surface area contributed by atoms with Gasteiger partial charge in [-0.25, -0.2) is 4.98 Å². The highest BCUT2D eigenvalue weighted by Crippen LogP contribution is 2.17. The van der Waals surface area contributed by atoms with E-state index >= 15 is 0 Å². The Labute approximate surface area is 139 Å². The van der Waals surface area contributed by atoms with Crippen LogP contribution in [0.3, 0.4) is 0 Å². The van der Waals surface area contributed by atoms with E-state index in [-0.39, 0.29) is 0 Å². The maximum atomic E-state index is 4.76. The average Bonchev–Trinajstić information content (AvgIpc) is 2.89. The molecule has 1 aliphatic rings. The van der Waals surface area contributed by atoms with Crippen LogP contribution in [0.1, 0.15) is 32.5 Å².